The van der Waals surface area contributed by atoms with E-state index in [-0.39, 0.29) is 0 Å². The van der Waals surface area contributed by atoms with E-state index in [1.807, 2.05) is 23.5 Å². The monoisotopic (exact) mass is 319 g/mol. The molecule has 4 nitrogen and oxygen atoms in total. The quantitative estimate of drug-likeness (QED) is 0.846. The van der Waals surface area contributed by atoms with Gasteiger partial charge in [-0.2, -0.15) is 0 Å². The Labute approximate surface area is 135 Å². The van der Waals surface area contributed by atoms with Crippen LogP contribution in [0, 0.1) is 0 Å². The fourth-order valence-corrected chi connectivity index (χ4v) is 3.88. The van der Waals surface area contributed by atoms with Crippen LogP contribution in [0.15, 0.2) is 23.6 Å². The molecular formula is C17H21NO3S. The number of fused-ring (bicyclic) bond motifs is 1. The highest BCUT2D eigenvalue weighted by molar-refractivity contribution is 7.10. The van der Waals surface area contributed by atoms with Gasteiger partial charge in [0.05, 0.1) is 21.3 Å². The Kier molecular flexibility index (Phi) is 4.55. The zero-order valence-corrected chi connectivity index (χ0v) is 14.0. The highest BCUT2D eigenvalue weighted by atomic mass is 32.1. The second-order valence-electron chi connectivity index (χ2n) is 5.36. The zero-order valence-electron chi connectivity index (χ0n) is 13.2. The van der Waals surface area contributed by atoms with Crippen LogP contribution in [0.25, 0.3) is 0 Å². The van der Waals surface area contributed by atoms with Crippen LogP contribution in [0.4, 0.5) is 0 Å². The van der Waals surface area contributed by atoms with E-state index in [1.54, 1.807) is 21.3 Å². The summed E-state index contributed by atoms with van der Waals surface area (Å²) in [4.78, 5) is 3.94. The molecule has 2 aromatic rings. The Morgan fingerprint density at radius 1 is 1.09 bits per heavy atom. The van der Waals surface area contributed by atoms with Crippen LogP contribution >= 0.6 is 11.3 Å². The predicted octanol–water partition coefficient (Wildman–Crippen LogP) is 3.33. The van der Waals surface area contributed by atoms with Crippen molar-refractivity contribution in [2.24, 2.45) is 0 Å². The molecule has 22 heavy (non-hydrogen) atoms. The standard InChI is InChI=1S/C17H21NO3S/c1-19-14-8-12(9-15(20-2)17(14)21-3)10-18-6-4-13-5-7-22-16(13)11-18/h5,7-9H,4,6,10-11H2,1-3H3. The minimum Gasteiger partial charge on any atom is -0.493 e. The van der Waals surface area contributed by atoms with E-state index in [2.05, 4.69) is 16.3 Å². The maximum absolute atomic E-state index is 5.43. The second kappa shape index (κ2) is 6.58. The van der Waals surface area contributed by atoms with Crippen molar-refractivity contribution >= 4 is 11.3 Å². The molecule has 2 heterocycles. The van der Waals surface area contributed by atoms with Crippen LogP contribution < -0.4 is 14.2 Å². The number of nitrogens with zero attached hydrogens (tertiary/aromatic N) is 1. The molecule has 118 valence electrons. The first-order valence-electron chi connectivity index (χ1n) is 7.31. The first-order valence-corrected chi connectivity index (χ1v) is 8.19. The molecule has 0 unspecified atom stereocenters. The molecule has 0 spiro atoms. The van der Waals surface area contributed by atoms with E-state index in [0.29, 0.717) is 17.2 Å². The summed E-state index contributed by atoms with van der Waals surface area (Å²) in [7, 11) is 4.93. The van der Waals surface area contributed by atoms with Crippen molar-refractivity contribution in [1.29, 1.82) is 0 Å². The first-order chi connectivity index (χ1) is 10.7. The van der Waals surface area contributed by atoms with Gasteiger partial charge in [0.2, 0.25) is 5.75 Å². The third-order valence-corrected chi connectivity index (χ3v) is 4.98. The summed E-state index contributed by atoms with van der Waals surface area (Å²) in [6.45, 7) is 2.98. The summed E-state index contributed by atoms with van der Waals surface area (Å²) in [6, 6.07) is 6.31. The van der Waals surface area contributed by atoms with Gasteiger partial charge in [-0.05, 0) is 41.1 Å². The Hall–Kier alpha value is -1.72. The fourth-order valence-electron chi connectivity index (χ4n) is 2.91. The molecule has 1 aliphatic heterocycles. The minimum absolute atomic E-state index is 0.646. The number of hydrogen-bond acceptors (Lipinski definition) is 5. The number of thiophene rings is 1. The Balaban J connectivity index is 1.81. The lowest BCUT2D eigenvalue weighted by molar-refractivity contribution is 0.247. The van der Waals surface area contributed by atoms with Gasteiger partial charge in [-0.3, -0.25) is 4.90 Å². The van der Waals surface area contributed by atoms with E-state index in [0.717, 1.165) is 26.1 Å². The molecule has 0 amide bonds. The summed E-state index contributed by atoms with van der Waals surface area (Å²) >= 11 is 1.85. The number of ether oxygens (including phenoxy) is 3. The van der Waals surface area contributed by atoms with Crippen LogP contribution in [-0.2, 0) is 19.5 Å². The lowest BCUT2D eigenvalue weighted by Crippen LogP contribution is -2.29. The van der Waals surface area contributed by atoms with Crippen molar-refractivity contribution in [3.63, 3.8) is 0 Å². The maximum Gasteiger partial charge on any atom is 0.203 e. The number of benzene rings is 1. The van der Waals surface area contributed by atoms with Gasteiger partial charge in [0.15, 0.2) is 11.5 Å². The van der Waals surface area contributed by atoms with Crippen molar-refractivity contribution < 1.29 is 14.2 Å². The van der Waals surface area contributed by atoms with Gasteiger partial charge < -0.3 is 14.2 Å². The van der Waals surface area contributed by atoms with Crippen molar-refractivity contribution in [3.8, 4) is 17.2 Å². The molecule has 0 bridgehead atoms. The predicted molar refractivity (Wildman–Crippen MR) is 88.2 cm³/mol. The van der Waals surface area contributed by atoms with E-state index >= 15 is 0 Å². The average Bonchev–Trinajstić information content (AvgIpc) is 3.01. The molecule has 1 aliphatic rings. The van der Waals surface area contributed by atoms with Gasteiger partial charge in [0.25, 0.3) is 0 Å². The van der Waals surface area contributed by atoms with E-state index < -0.39 is 0 Å². The number of methoxy groups -OCH3 is 3. The van der Waals surface area contributed by atoms with E-state index in [1.165, 1.54) is 16.0 Å². The molecule has 0 saturated heterocycles. The van der Waals surface area contributed by atoms with Gasteiger partial charge in [-0.1, -0.05) is 0 Å². The molecule has 0 N–H and O–H groups in total. The van der Waals surface area contributed by atoms with Crippen LogP contribution in [0.5, 0.6) is 17.2 Å². The third-order valence-electron chi connectivity index (χ3n) is 4.03. The van der Waals surface area contributed by atoms with Crippen molar-refractivity contribution in [2.45, 2.75) is 19.5 Å². The summed E-state index contributed by atoms with van der Waals surface area (Å²) in [5.41, 5.74) is 2.68. The van der Waals surface area contributed by atoms with Crippen LogP contribution in [0.2, 0.25) is 0 Å². The smallest absolute Gasteiger partial charge is 0.203 e. The minimum atomic E-state index is 0.646. The molecule has 0 fully saturated rings. The Morgan fingerprint density at radius 3 is 2.45 bits per heavy atom. The van der Waals surface area contributed by atoms with Crippen molar-refractivity contribution in [1.82, 2.24) is 4.90 Å². The van der Waals surface area contributed by atoms with Gasteiger partial charge in [0.1, 0.15) is 0 Å². The normalized spacial score (nSPS) is 14.5. The molecule has 0 radical (unpaired) electrons. The van der Waals surface area contributed by atoms with Crippen molar-refractivity contribution in [2.75, 3.05) is 27.9 Å². The summed E-state index contributed by atoms with van der Waals surface area (Å²) in [6.07, 6.45) is 1.13. The summed E-state index contributed by atoms with van der Waals surface area (Å²) < 4.78 is 16.2. The molecule has 5 heteroatoms. The van der Waals surface area contributed by atoms with Crippen LogP contribution in [0.3, 0.4) is 0 Å². The topological polar surface area (TPSA) is 30.9 Å². The van der Waals surface area contributed by atoms with Gasteiger partial charge in [0, 0.05) is 24.5 Å². The number of rotatable bonds is 5. The highest BCUT2D eigenvalue weighted by Gasteiger charge is 2.19. The molecular weight excluding hydrogens is 298 g/mol. The lowest BCUT2D eigenvalue weighted by Gasteiger charge is -2.27. The largest absolute Gasteiger partial charge is 0.493 e. The summed E-state index contributed by atoms with van der Waals surface area (Å²) in [5, 5.41) is 2.19. The highest BCUT2D eigenvalue weighted by Crippen LogP contribution is 2.38. The second-order valence-corrected chi connectivity index (χ2v) is 6.36. The Morgan fingerprint density at radius 2 is 1.82 bits per heavy atom. The Bertz CT molecular complexity index is 628. The molecule has 1 aromatic heterocycles. The molecule has 0 saturated carbocycles. The SMILES string of the molecule is COc1cc(CN2CCc3ccsc3C2)cc(OC)c1OC. The van der Waals surface area contributed by atoms with Gasteiger partial charge in [-0.25, -0.2) is 0 Å². The van der Waals surface area contributed by atoms with Crippen LogP contribution in [0.1, 0.15) is 16.0 Å². The molecule has 0 aliphatic carbocycles. The number of hydrogen-bond donors (Lipinski definition) is 0. The maximum atomic E-state index is 5.43. The van der Waals surface area contributed by atoms with E-state index in [9.17, 15) is 0 Å². The van der Waals surface area contributed by atoms with Crippen molar-refractivity contribution in [3.05, 3.63) is 39.6 Å². The molecule has 1 aromatic carbocycles. The zero-order chi connectivity index (χ0) is 15.5. The lowest BCUT2D eigenvalue weighted by atomic mass is 10.1. The average molecular weight is 319 g/mol. The van der Waals surface area contributed by atoms with Crippen LogP contribution in [-0.4, -0.2) is 32.8 Å². The molecule has 0 atom stereocenters. The van der Waals surface area contributed by atoms with Gasteiger partial charge >= 0.3 is 0 Å². The summed E-state index contributed by atoms with van der Waals surface area (Å²) in [5.74, 6) is 2.07. The van der Waals surface area contributed by atoms with E-state index in [4.69, 9.17) is 14.2 Å². The third kappa shape index (κ3) is 2.91. The first kappa shape index (κ1) is 15.2. The van der Waals surface area contributed by atoms with Gasteiger partial charge in [-0.15, -0.1) is 11.3 Å². The fraction of sp³-hybridized carbons (Fsp3) is 0.412. The molecule has 3 rings (SSSR count).